The Labute approximate surface area is 160 Å². The van der Waals surface area contributed by atoms with Crippen LogP contribution >= 0.6 is 23.1 Å². The zero-order valence-electron chi connectivity index (χ0n) is 13.7. The highest BCUT2D eigenvalue weighted by atomic mass is 35.5. The van der Waals surface area contributed by atoms with Gasteiger partial charge < -0.3 is 4.74 Å². The van der Waals surface area contributed by atoms with Gasteiger partial charge in [-0.15, -0.1) is 0 Å². The van der Waals surface area contributed by atoms with E-state index in [1.165, 1.54) is 6.07 Å². The number of pyridine rings is 1. The Bertz CT molecular complexity index is 994. The molecule has 3 rings (SSSR count). The monoisotopic (exact) mass is 410 g/mol. The number of ether oxygens (including phenoxy) is 1. The molecule has 0 bridgehead atoms. The van der Waals surface area contributed by atoms with Gasteiger partial charge in [0.05, 0.1) is 17.7 Å². The minimum Gasteiger partial charge on any atom is -0.492 e. The molecule has 0 saturated heterocycles. The van der Waals surface area contributed by atoms with E-state index >= 15 is 0 Å². The van der Waals surface area contributed by atoms with Gasteiger partial charge >= 0.3 is 0 Å². The summed E-state index contributed by atoms with van der Waals surface area (Å²) in [6.45, 7) is 2.01. The number of benzene rings is 1. The van der Waals surface area contributed by atoms with Crippen molar-refractivity contribution in [3.8, 4) is 5.75 Å². The van der Waals surface area contributed by atoms with E-state index in [1.807, 2.05) is 0 Å². The van der Waals surface area contributed by atoms with E-state index in [9.17, 15) is 8.42 Å². The summed E-state index contributed by atoms with van der Waals surface area (Å²) in [5.41, 5.74) is 0.483. The first-order valence-corrected chi connectivity index (χ1v) is 10.2. The number of nitrogens with zero attached hydrogens (tertiary/aromatic N) is 3. The number of rotatable bonds is 7. The van der Waals surface area contributed by atoms with Gasteiger partial charge in [0.25, 0.3) is 10.0 Å². The minimum atomic E-state index is -3.78. The SMILES string of the molecule is Cc1c(Cl)cccc1S(=O)(=O)Nc1nc(CCOc2cccnc2)ns1. The van der Waals surface area contributed by atoms with Crippen molar-refractivity contribution in [1.82, 2.24) is 14.3 Å². The van der Waals surface area contributed by atoms with Gasteiger partial charge in [0.1, 0.15) is 11.6 Å². The van der Waals surface area contributed by atoms with E-state index < -0.39 is 10.0 Å². The first-order valence-electron chi connectivity index (χ1n) is 7.59. The average molecular weight is 411 g/mol. The zero-order valence-corrected chi connectivity index (χ0v) is 16.1. The molecular weight excluding hydrogens is 396 g/mol. The summed E-state index contributed by atoms with van der Waals surface area (Å²) in [6, 6.07) is 8.30. The smallest absolute Gasteiger partial charge is 0.264 e. The van der Waals surface area contributed by atoms with E-state index in [0.717, 1.165) is 11.5 Å². The molecule has 0 saturated carbocycles. The van der Waals surface area contributed by atoms with Crippen LogP contribution < -0.4 is 9.46 Å². The average Bonchev–Trinajstić information content (AvgIpc) is 3.04. The van der Waals surface area contributed by atoms with Gasteiger partial charge in [-0.05, 0) is 36.8 Å². The Morgan fingerprint density at radius 1 is 1.27 bits per heavy atom. The largest absolute Gasteiger partial charge is 0.492 e. The molecule has 1 N–H and O–H groups in total. The maximum absolute atomic E-state index is 12.5. The lowest BCUT2D eigenvalue weighted by atomic mass is 10.2. The molecule has 7 nitrogen and oxygen atoms in total. The van der Waals surface area contributed by atoms with Crippen molar-refractivity contribution in [3.63, 3.8) is 0 Å². The van der Waals surface area contributed by atoms with Crippen LogP contribution in [0.15, 0.2) is 47.6 Å². The lowest BCUT2D eigenvalue weighted by Crippen LogP contribution is -2.14. The van der Waals surface area contributed by atoms with Crippen LogP contribution in [0.25, 0.3) is 0 Å². The zero-order chi connectivity index (χ0) is 18.6. The molecular formula is C16H15ClN4O3S2. The minimum absolute atomic E-state index is 0.113. The predicted octanol–water partition coefficient (Wildman–Crippen LogP) is 3.32. The summed E-state index contributed by atoms with van der Waals surface area (Å²) in [7, 11) is -3.78. The quantitative estimate of drug-likeness (QED) is 0.642. The fourth-order valence-electron chi connectivity index (χ4n) is 2.14. The molecule has 0 radical (unpaired) electrons. The Morgan fingerprint density at radius 3 is 2.88 bits per heavy atom. The second-order valence-electron chi connectivity index (χ2n) is 5.27. The van der Waals surface area contributed by atoms with Gasteiger partial charge in [0.15, 0.2) is 0 Å². The normalized spacial score (nSPS) is 11.3. The molecule has 1 aromatic carbocycles. The first-order chi connectivity index (χ1) is 12.5. The van der Waals surface area contributed by atoms with E-state index in [2.05, 4.69) is 19.1 Å². The lowest BCUT2D eigenvalue weighted by Gasteiger charge is -2.08. The van der Waals surface area contributed by atoms with Gasteiger partial charge in [-0.25, -0.2) is 13.4 Å². The van der Waals surface area contributed by atoms with Crippen LogP contribution in [0.2, 0.25) is 5.02 Å². The van der Waals surface area contributed by atoms with Crippen molar-refractivity contribution in [2.75, 3.05) is 11.3 Å². The molecule has 0 aliphatic carbocycles. The molecule has 26 heavy (non-hydrogen) atoms. The van der Waals surface area contributed by atoms with Crippen LogP contribution in [0.3, 0.4) is 0 Å². The molecule has 10 heteroatoms. The highest BCUT2D eigenvalue weighted by Crippen LogP contribution is 2.25. The van der Waals surface area contributed by atoms with Crippen molar-refractivity contribution in [3.05, 3.63) is 59.1 Å². The number of nitrogens with one attached hydrogen (secondary N) is 1. The number of sulfonamides is 1. The second kappa shape index (κ2) is 7.98. The summed E-state index contributed by atoms with van der Waals surface area (Å²) in [5, 5.41) is 0.583. The molecule has 3 aromatic rings. The molecule has 0 fully saturated rings. The fourth-order valence-corrected chi connectivity index (χ4v) is 4.47. The molecule has 0 atom stereocenters. The highest BCUT2D eigenvalue weighted by Gasteiger charge is 2.20. The maximum Gasteiger partial charge on any atom is 0.264 e. The lowest BCUT2D eigenvalue weighted by molar-refractivity contribution is 0.318. The van der Waals surface area contributed by atoms with Gasteiger partial charge in [-0.1, -0.05) is 17.7 Å². The summed E-state index contributed by atoms with van der Waals surface area (Å²) < 4.78 is 37.2. The standard InChI is InChI=1S/C16H15ClN4O3S2/c1-11-13(17)5-2-6-14(11)26(22,23)21-16-19-15(20-25-16)7-9-24-12-4-3-8-18-10-12/h2-6,8,10H,7,9H2,1H3,(H,19,20,21). The number of hydrogen-bond acceptors (Lipinski definition) is 7. The third kappa shape index (κ3) is 4.48. The molecule has 0 aliphatic rings. The van der Waals surface area contributed by atoms with Crippen LogP contribution in [0.5, 0.6) is 5.75 Å². The van der Waals surface area contributed by atoms with Crippen molar-refractivity contribution < 1.29 is 13.2 Å². The molecule has 0 unspecified atom stereocenters. The van der Waals surface area contributed by atoms with Crippen LogP contribution in [0.1, 0.15) is 11.4 Å². The third-order valence-electron chi connectivity index (χ3n) is 3.43. The molecule has 0 aliphatic heterocycles. The van der Waals surface area contributed by atoms with Crippen molar-refractivity contribution in [2.45, 2.75) is 18.2 Å². The van der Waals surface area contributed by atoms with Crippen LogP contribution in [0.4, 0.5) is 5.13 Å². The third-order valence-corrected chi connectivity index (χ3v) is 6.12. The van der Waals surface area contributed by atoms with Crippen LogP contribution in [-0.2, 0) is 16.4 Å². The second-order valence-corrected chi connectivity index (χ2v) is 8.08. The summed E-state index contributed by atoms with van der Waals surface area (Å²) in [4.78, 5) is 8.26. The molecule has 0 spiro atoms. The van der Waals surface area contributed by atoms with Gasteiger partial charge in [-0.3, -0.25) is 9.71 Å². The van der Waals surface area contributed by atoms with E-state index in [1.54, 1.807) is 43.6 Å². The summed E-state index contributed by atoms with van der Waals surface area (Å²) >= 11 is 6.97. The topological polar surface area (TPSA) is 94.1 Å². The molecule has 136 valence electrons. The van der Waals surface area contributed by atoms with E-state index in [-0.39, 0.29) is 10.0 Å². The van der Waals surface area contributed by atoms with Crippen molar-refractivity contribution in [1.29, 1.82) is 0 Å². The summed E-state index contributed by atoms with van der Waals surface area (Å²) in [6.07, 6.45) is 3.72. The van der Waals surface area contributed by atoms with Gasteiger partial charge in [0.2, 0.25) is 5.13 Å². The fraction of sp³-hybridized carbons (Fsp3) is 0.188. The Balaban J connectivity index is 1.63. The van der Waals surface area contributed by atoms with Crippen molar-refractivity contribution in [2.24, 2.45) is 0 Å². The van der Waals surface area contributed by atoms with Gasteiger partial charge in [0, 0.05) is 29.2 Å². The van der Waals surface area contributed by atoms with Crippen LogP contribution in [0, 0.1) is 6.92 Å². The first kappa shape index (κ1) is 18.6. The number of anilines is 1. The van der Waals surface area contributed by atoms with Crippen LogP contribution in [-0.4, -0.2) is 29.4 Å². The number of aromatic nitrogens is 3. The highest BCUT2D eigenvalue weighted by molar-refractivity contribution is 7.93. The molecule has 2 heterocycles. The number of hydrogen-bond donors (Lipinski definition) is 1. The van der Waals surface area contributed by atoms with E-state index in [0.29, 0.717) is 35.2 Å². The van der Waals surface area contributed by atoms with Crippen molar-refractivity contribution >= 4 is 38.3 Å². The van der Waals surface area contributed by atoms with Gasteiger partial charge in [-0.2, -0.15) is 4.37 Å². The molecule has 2 aromatic heterocycles. The Kier molecular flexibility index (Phi) is 5.70. The summed E-state index contributed by atoms with van der Waals surface area (Å²) in [5.74, 6) is 1.15. The predicted molar refractivity (Wildman–Crippen MR) is 100 cm³/mol. The Hall–Kier alpha value is -2.23. The maximum atomic E-state index is 12.5. The number of halogens is 1. The Morgan fingerprint density at radius 2 is 2.12 bits per heavy atom. The van der Waals surface area contributed by atoms with E-state index in [4.69, 9.17) is 16.3 Å². The molecule has 0 amide bonds.